The van der Waals surface area contributed by atoms with Crippen LogP contribution in [0.4, 0.5) is 5.69 Å². The minimum absolute atomic E-state index is 0.0465. The zero-order valence-electron chi connectivity index (χ0n) is 12.5. The van der Waals surface area contributed by atoms with Gasteiger partial charge in [0.15, 0.2) is 5.92 Å². The van der Waals surface area contributed by atoms with Crippen molar-refractivity contribution in [3.8, 4) is 6.07 Å². The van der Waals surface area contributed by atoms with E-state index in [1.807, 2.05) is 19.9 Å². The number of nitro benzene ring substituents is 1. The standard InChI is InChI=1S/C15H18N2O4/c1-5-21-15(18)14(8-16)13-7-11(17(19)20)6-12(9(2)3)10(13)4/h6-7,9,14H,5H2,1-4H3. The summed E-state index contributed by atoms with van der Waals surface area (Å²) in [7, 11) is 0. The Morgan fingerprint density at radius 3 is 2.43 bits per heavy atom. The number of hydrogen-bond donors (Lipinski definition) is 0. The summed E-state index contributed by atoms with van der Waals surface area (Å²) in [5.41, 5.74) is 1.69. The van der Waals surface area contributed by atoms with E-state index in [2.05, 4.69) is 0 Å². The average Bonchev–Trinajstić information content (AvgIpc) is 2.41. The highest BCUT2D eigenvalue weighted by molar-refractivity contribution is 5.82. The molecule has 0 aliphatic rings. The number of nitriles is 1. The topological polar surface area (TPSA) is 93.2 Å². The second-order valence-corrected chi connectivity index (χ2v) is 4.98. The van der Waals surface area contributed by atoms with Crippen LogP contribution in [0.15, 0.2) is 12.1 Å². The van der Waals surface area contributed by atoms with E-state index in [-0.39, 0.29) is 18.2 Å². The predicted molar refractivity (Wildman–Crippen MR) is 76.9 cm³/mol. The molecule has 0 aromatic heterocycles. The number of ether oxygens (including phenoxy) is 1. The highest BCUT2D eigenvalue weighted by Gasteiger charge is 2.27. The number of nitro groups is 1. The van der Waals surface area contributed by atoms with Crippen molar-refractivity contribution in [2.45, 2.75) is 39.5 Å². The van der Waals surface area contributed by atoms with Crippen LogP contribution in [-0.2, 0) is 9.53 Å². The van der Waals surface area contributed by atoms with Crippen molar-refractivity contribution in [3.05, 3.63) is 38.9 Å². The molecule has 1 unspecified atom stereocenters. The molecule has 1 rings (SSSR count). The summed E-state index contributed by atoms with van der Waals surface area (Å²) in [6.07, 6.45) is 0. The maximum absolute atomic E-state index is 11.9. The molecular formula is C15H18N2O4. The van der Waals surface area contributed by atoms with Crippen molar-refractivity contribution in [2.75, 3.05) is 6.61 Å². The number of non-ortho nitro benzene ring substituents is 1. The second kappa shape index (κ2) is 6.84. The lowest BCUT2D eigenvalue weighted by atomic mass is 9.88. The first kappa shape index (κ1) is 16.6. The van der Waals surface area contributed by atoms with Crippen LogP contribution in [-0.4, -0.2) is 17.5 Å². The minimum atomic E-state index is -1.15. The first-order chi connectivity index (χ1) is 9.83. The zero-order chi connectivity index (χ0) is 16.2. The Labute approximate surface area is 123 Å². The van der Waals surface area contributed by atoms with Crippen LogP contribution in [0.2, 0.25) is 0 Å². The lowest BCUT2D eigenvalue weighted by Gasteiger charge is -2.16. The van der Waals surface area contributed by atoms with Crippen molar-refractivity contribution >= 4 is 11.7 Å². The Morgan fingerprint density at radius 2 is 2.00 bits per heavy atom. The van der Waals surface area contributed by atoms with E-state index < -0.39 is 16.8 Å². The predicted octanol–water partition coefficient (Wildman–Crippen LogP) is 3.20. The molecule has 1 aromatic rings. The number of carbonyl (C=O) groups is 1. The Kier molecular flexibility index (Phi) is 5.42. The Balaban J connectivity index is 3.49. The molecule has 21 heavy (non-hydrogen) atoms. The quantitative estimate of drug-likeness (QED) is 0.471. The third-order valence-electron chi connectivity index (χ3n) is 3.27. The van der Waals surface area contributed by atoms with Gasteiger partial charge in [0.1, 0.15) is 0 Å². The number of hydrogen-bond acceptors (Lipinski definition) is 5. The van der Waals surface area contributed by atoms with E-state index in [1.54, 1.807) is 13.8 Å². The molecule has 0 saturated heterocycles. The van der Waals surface area contributed by atoms with Crippen molar-refractivity contribution in [1.82, 2.24) is 0 Å². The number of rotatable bonds is 5. The van der Waals surface area contributed by atoms with Crippen molar-refractivity contribution in [3.63, 3.8) is 0 Å². The normalized spacial score (nSPS) is 11.8. The van der Waals surface area contributed by atoms with Crippen LogP contribution >= 0.6 is 0 Å². The lowest BCUT2D eigenvalue weighted by Crippen LogP contribution is -2.16. The highest BCUT2D eigenvalue weighted by atomic mass is 16.6. The number of benzene rings is 1. The molecule has 6 nitrogen and oxygen atoms in total. The number of nitrogens with zero attached hydrogens (tertiary/aromatic N) is 2. The van der Waals surface area contributed by atoms with Gasteiger partial charge in [0.2, 0.25) is 0 Å². The maximum Gasteiger partial charge on any atom is 0.327 e. The van der Waals surface area contributed by atoms with Gasteiger partial charge >= 0.3 is 5.97 Å². The van der Waals surface area contributed by atoms with Crippen molar-refractivity contribution in [1.29, 1.82) is 5.26 Å². The molecule has 0 fully saturated rings. The van der Waals surface area contributed by atoms with Gasteiger partial charge < -0.3 is 4.74 Å². The molecular weight excluding hydrogens is 272 g/mol. The van der Waals surface area contributed by atoms with Gasteiger partial charge in [-0.15, -0.1) is 0 Å². The summed E-state index contributed by atoms with van der Waals surface area (Å²) < 4.78 is 4.87. The molecule has 0 saturated carbocycles. The summed E-state index contributed by atoms with van der Waals surface area (Å²) in [5, 5.41) is 20.3. The summed E-state index contributed by atoms with van der Waals surface area (Å²) in [6.45, 7) is 7.37. The third kappa shape index (κ3) is 3.57. The highest BCUT2D eigenvalue weighted by Crippen LogP contribution is 2.32. The second-order valence-electron chi connectivity index (χ2n) is 4.98. The van der Waals surface area contributed by atoms with Crippen LogP contribution in [0.1, 0.15) is 49.3 Å². The Hall–Kier alpha value is -2.42. The lowest BCUT2D eigenvalue weighted by molar-refractivity contribution is -0.385. The van der Waals surface area contributed by atoms with E-state index in [1.165, 1.54) is 12.1 Å². The van der Waals surface area contributed by atoms with Gasteiger partial charge in [-0.1, -0.05) is 13.8 Å². The molecule has 6 heteroatoms. The molecule has 0 amide bonds. The summed E-state index contributed by atoms with van der Waals surface area (Å²) in [5.74, 6) is -1.79. The Morgan fingerprint density at radius 1 is 1.43 bits per heavy atom. The van der Waals surface area contributed by atoms with E-state index in [0.717, 1.165) is 11.1 Å². The summed E-state index contributed by atoms with van der Waals surface area (Å²) in [6, 6.07) is 4.65. The molecule has 0 heterocycles. The first-order valence-corrected chi connectivity index (χ1v) is 6.68. The third-order valence-corrected chi connectivity index (χ3v) is 3.27. The maximum atomic E-state index is 11.9. The zero-order valence-corrected chi connectivity index (χ0v) is 12.5. The fourth-order valence-electron chi connectivity index (χ4n) is 2.22. The first-order valence-electron chi connectivity index (χ1n) is 6.68. The van der Waals surface area contributed by atoms with Gasteiger partial charge in [-0.3, -0.25) is 14.9 Å². The monoisotopic (exact) mass is 290 g/mol. The van der Waals surface area contributed by atoms with E-state index in [9.17, 15) is 20.2 Å². The SMILES string of the molecule is CCOC(=O)C(C#N)c1cc([N+](=O)[O-])cc(C(C)C)c1C. The van der Waals surface area contributed by atoms with Gasteiger partial charge in [-0.2, -0.15) is 5.26 Å². The summed E-state index contributed by atoms with van der Waals surface area (Å²) in [4.78, 5) is 22.4. The van der Waals surface area contributed by atoms with Gasteiger partial charge in [0.05, 0.1) is 17.6 Å². The van der Waals surface area contributed by atoms with Crippen molar-refractivity contribution in [2.24, 2.45) is 0 Å². The van der Waals surface area contributed by atoms with E-state index in [0.29, 0.717) is 5.56 Å². The molecule has 0 spiro atoms. The average molecular weight is 290 g/mol. The van der Waals surface area contributed by atoms with Gasteiger partial charge in [-0.05, 0) is 36.5 Å². The van der Waals surface area contributed by atoms with Crippen LogP contribution in [0.3, 0.4) is 0 Å². The van der Waals surface area contributed by atoms with Gasteiger partial charge in [0, 0.05) is 12.1 Å². The van der Waals surface area contributed by atoms with Crippen LogP contribution < -0.4 is 0 Å². The van der Waals surface area contributed by atoms with Crippen LogP contribution in [0, 0.1) is 28.4 Å². The molecule has 1 atom stereocenters. The van der Waals surface area contributed by atoms with E-state index >= 15 is 0 Å². The largest absolute Gasteiger partial charge is 0.465 e. The van der Waals surface area contributed by atoms with Gasteiger partial charge in [-0.25, -0.2) is 0 Å². The summed E-state index contributed by atoms with van der Waals surface area (Å²) >= 11 is 0. The van der Waals surface area contributed by atoms with Crippen LogP contribution in [0.5, 0.6) is 0 Å². The van der Waals surface area contributed by atoms with Crippen molar-refractivity contribution < 1.29 is 14.5 Å². The molecule has 0 bridgehead atoms. The Bertz CT molecular complexity index is 602. The molecule has 0 aliphatic carbocycles. The van der Waals surface area contributed by atoms with Crippen LogP contribution in [0.25, 0.3) is 0 Å². The molecule has 0 N–H and O–H groups in total. The van der Waals surface area contributed by atoms with E-state index in [4.69, 9.17) is 4.74 Å². The van der Waals surface area contributed by atoms with Gasteiger partial charge in [0.25, 0.3) is 5.69 Å². The minimum Gasteiger partial charge on any atom is -0.465 e. The fraction of sp³-hybridized carbons (Fsp3) is 0.467. The number of esters is 1. The number of carbonyl (C=O) groups excluding carboxylic acids is 1. The molecule has 0 aliphatic heterocycles. The smallest absolute Gasteiger partial charge is 0.327 e. The molecule has 1 aromatic carbocycles. The molecule has 112 valence electrons. The fourth-order valence-corrected chi connectivity index (χ4v) is 2.22. The molecule has 0 radical (unpaired) electrons.